The molecule has 1 heterocycles. The zero-order valence-electron chi connectivity index (χ0n) is 14.7. The van der Waals surface area contributed by atoms with E-state index in [1.165, 1.54) is 11.0 Å². The fourth-order valence-electron chi connectivity index (χ4n) is 3.21. The molecule has 1 aliphatic rings. The molecule has 27 heavy (non-hydrogen) atoms. The summed E-state index contributed by atoms with van der Waals surface area (Å²) >= 11 is 0. The first-order chi connectivity index (χ1) is 13.1. The van der Waals surface area contributed by atoms with Crippen molar-refractivity contribution in [3.63, 3.8) is 0 Å². The van der Waals surface area contributed by atoms with Crippen LogP contribution in [0.4, 0.5) is 0 Å². The van der Waals surface area contributed by atoms with Crippen molar-refractivity contribution < 1.29 is 14.3 Å². The van der Waals surface area contributed by atoms with Gasteiger partial charge in [-0.3, -0.25) is 4.79 Å². The molecule has 1 atom stereocenters. The van der Waals surface area contributed by atoms with Crippen LogP contribution in [0.15, 0.2) is 36.7 Å². The van der Waals surface area contributed by atoms with E-state index in [0.717, 1.165) is 18.4 Å². The molecule has 1 aliphatic carbocycles. The number of hydrogen-bond acceptors (Lipinski definition) is 7. The molecular weight excluding hydrogens is 348 g/mol. The molecule has 9 heteroatoms. The van der Waals surface area contributed by atoms with Crippen LogP contribution in [0, 0.1) is 11.3 Å². The van der Waals surface area contributed by atoms with Crippen LogP contribution >= 0.6 is 0 Å². The molecule has 0 unspecified atom stereocenters. The van der Waals surface area contributed by atoms with Gasteiger partial charge < -0.3 is 10.1 Å². The van der Waals surface area contributed by atoms with Crippen molar-refractivity contribution in [2.24, 2.45) is 0 Å². The molecule has 1 N–H and O–H groups in total. The lowest BCUT2D eigenvalue weighted by Gasteiger charge is -2.22. The largest absolute Gasteiger partial charge is 0.454 e. The summed E-state index contributed by atoms with van der Waals surface area (Å²) in [6.45, 7) is -0.449. The van der Waals surface area contributed by atoms with Crippen molar-refractivity contribution in [1.29, 1.82) is 5.26 Å². The molecule has 3 rings (SSSR count). The average Bonchev–Trinajstić information content (AvgIpc) is 3.38. The van der Waals surface area contributed by atoms with Crippen molar-refractivity contribution in [1.82, 2.24) is 25.5 Å². The molecule has 0 saturated heterocycles. The lowest BCUT2D eigenvalue weighted by Crippen LogP contribution is -2.47. The Balaban J connectivity index is 1.61. The molecule has 9 nitrogen and oxygen atoms in total. The van der Waals surface area contributed by atoms with Gasteiger partial charge in [-0.15, -0.1) is 5.10 Å². The Kier molecular flexibility index (Phi) is 5.76. The highest BCUT2D eigenvalue weighted by atomic mass is 16.5. The predicted octanol–water partition coefficient (Wildman–Crippen LogP) is 0.953. The van der Waals surface area contributed by atoms with Gasteiger partial charge in [0.1, 0.15) is 11.9 Å². The van der Waals surface area contributed by atoms with E-state index in [2.05, 4.69) is 26.9 Å². The fraction of sp³-hybridized carbons (Fsp3) is 0.444. The van der Waals surface area contributed by atoms with Gasteiger partial charge in [-0.05, 0) is 41.7 Å². The zero-order valence-corrected chi connectivity index (χ0v) is 14.7. The molecule has 1 saturated carbocycles. The van der Waals surface area contributed by atoms with Crippen molar-refractivity contribution in [2.45, 2.75) is 43.7 Å². The van der Waals surface area contributed by atoms with Gasteiger partial charge in [0.15, 0.2) is 12.6 Å². The summed E-state index contributed by atoms with van der Waals surface area (Å²) < 4.78 is 6.49. The minimum atomic E-state index is -0.844. The number of benzene rings is 1. The van der Waals surface area contributed by atoms with Crippen LogP contribution < -0.4 is 5.32 Å². The van der Waals surface area contributed by atoms with Gasteiger partial charge in [0.2, 0.25) is 0 Å². The maximum absolute atomic E-state index is 12.6. The van der Waals surface area contributed by atoms with Crippen LogP contribution in [0.25, 0.3) is 0 Å². The number of nitrogens with one attached hydrogen (secondary N) is 1. The van der Waals surface area contributed by atoms with Gasteiger partial charge in [0.25, 0.3) is 5.91 Å². The molecule has 1 fully saturated rings. The number of hydrogen-bond donors (Lipinski definition) is 1. The molecule has 0 aliphatic heterocycles. The van der Waals surface area contributed by atoms with Gasteiger partial charge in [0.05, 0.1) is 6.07 Å². The van der Waals surface area contributed by atoms with Crippen molar-refractivity contribution in [3.8, 4) is 6.07 Å². The summed E-state index contributed by atoms with van der Waals surface area (Å²) in [5.74, 6) is -1.10. The average molecular weight is 368 g/mol. The Morgan fingerprint density at radius 2 is 2.04 bits per heavy atom. The van der Waals surface area contributed by atoms with Crippen LogP contribution in [-0.4, -0.2) is 44.2 Å². The number of tetrazole rings is 1. The van der Waals surface area contributed by atoms with Crippen LogP contribution in [0.1, 0.15) is 37.3 Å². The van der Waals surface area contributed by atoms with E-state index in [9.17, 15) is 14.9 Å². The van der Waals surface area contributed by atoms with Crippen LogP contribution in [0.3, 0.4) is 0 Å². The number of rotatable bonds is 7. The first kappa shape index (κ1) is 18.5. The van der Waals surface area contributed by atoms with E-state index in [4.69, 9.17) is 4.74 Å². The van der Waals surface area contributed by atoms with Crippen LogP contribution in [0.2, 0.25) is 0 Å². The number of nitriles is 1. The lowest BCUT2D eigenvalue weighted by molar-refractivity contribution is -0.152. The zero-order chi connectivity index (χ0) is 19.1. The van der Waals surface area contributed by atoms with E-state index in [1.54, 1.807) is 0 Å². The van der Waals surface area contributed by atoms with Gasteiger partial charge in [0, 0.05) is 6.42 Å². The third-order valence-electron chi connectivity index (χ3n) is 4.62. The molecule has 0 spiro atoms. The minimum absolute atomic E-state index is 0.328. The topological polar surface area (TPSA) is 123 Å². The maximum atomic E-state index is 12.6. The molecule has 0 bridgehead atoms. The summed E-state index contributed by atoms with van der Waals surface area (Å²) in [7, 11) is 0. The normalized spacial score (nSPS) is 16.3. The number of aromatic nitrogens is 4. The second kappa shape index (κ2) is 8.40. The van der Waals surface area contributed by atoms with Gasteiger partial charge in [-0.2, -0.15) is 5.26 Å². The first-order valence-electron chi connectivity index (χ1n) is 8.77. The van der Waals surface area contributed by atoms with E-state index >= 15 is 0 Å². The van der Waals surface area contributed by atoms with Crippen LogP contribution in [0.5, 0.6) is 0 Å². The summed E-state index contributed by atoms with van der Waals surface area (Å²) in [6, 6.07) is 10.8. The Hall–Kier alpha value is -3.28. The molecule has 140 valence electrons. The summed E-state index contributed by atoms with van der Waals surface area (Å²) in [6.07, 6.45) is 4.68. The first-order valence-corrected chi connectivity index (χ1v) is 8.77. The predicted molar refractivity (Wildman–Crippen MR) is 92.9 cm³/mol. The number of carbonyl (C=O) groups excluding carboxylic acids is 2. The Morgan fingerprint density at radius 3 is 2.67 bits per heavy atom. The third kappa shape index (κ3) is 4.67. The summed E-state index contributed by atoms with van der Waals surface area (Å²) in [5.41, 5.74) is 0.0664. The Morgan fingerprint density at radius 1 is 1.30 bits per heavy atom. The third-order valence-corrected chi connectivity index (χ3v) is 4.62. The number of nitrogens with zero attached hydrogens (tertiary/aromatic N) is 5. The van der Waals surface area contributed by atoms with Crippen LogP contribution in [-0.2, 0) is 20.7 Å². The Bertz CT molecular complexity index is 809. The number of esters is 1. The molecular formula is C18H20N6O3. The fourth-order valence-corrected chi connectivity index (χ4v) is 3.21. The molecule has 1 aromatic heterocycles. The van der Waals surface area contributed by atoms with Gasteiger partial charge >= 0.3 is 5.97 Å². The van der Waals surface area contributed by atoms with E-state index in [1.807, 2.05) is 30.3 Å². The van der Waals surface area contributed by atoms with Gasteiger partial charge in [-0.1, -0.05) is 30.3 Å². The number of ether oxygens (including phenoxy) is 1. The standard InChI is InChI=1S/C18H20N6O3/c19-12-18(8-4-5-9-18)21-16(25)11-27-17(26)15(24-13-20-22-23-24)10-14-6-2-1-3-7-14/h1-3,6-7,13,15H,4-5,8-11H2,(H,21,25)/t15-/m1/s1. The summed E-state index contributed by atoms with van der Waals surface area (Å²) in [4.78, 5) is 24.7. The maximum Gasteiger partial charge on any atom is 0.331 e. The smallest absolute Gasteiger partial charge is 0.331 e. The van der Waals surface area contributed by atoms with E-state index < -0.39 is 30.1 Å². The van der Waals surface area contributed by atoms with Crippen molar-refractivity contribution in [2.75, 3.05) is 6.61 Å². The molecule has 1 amide bonds. The number of amides is 1. The molecule has 2 aromatic rings. The number of carbonyl (C=O) groups is 2. The minimum Gasteiger partial charge on any atom is -0.454 e. The molecule has 0 radical (unpaired) electrons. The SMILES string of the molecule is N#CC1(NC(=O)COC(=O)[C@@H](Cc2ccccc2)n2cnnn2)CCCC1. The second-order valence-electron chi connectivity index (χ2n) is 6.55. The lowest BCUT2D eigenvalue weighted by atomic mass is 10.00. The molecule has 1 aromatic carbocycles. The quantitative estimate of drug-likeness (QED) is 0.722. The van der Waals surface area contributed by atoms with E-state index in [-0.39, 0.29) is 0 Å². The van der Waals surface area contributed by atoms with Gasteiger partial charge in [-0.25, -0.2) is 9.48 Å². The monoisotopic (exact) mass is 368 g/mol. The van der Waals surface area contributed by atoms with Crippen molar-refractivity contribution in [3.05, 3.63) is 42.2 Å². The summed E-state index contributed by atoms with van der Waals surface area (Å²) in [5, 5.41) is 22.9. The second-order valence-corrected chi connectivity index (χ2v) is 6.55. The highest BCUT2D eigenvalue weighted by Crippen LogP contribution is 2.28. The highest BCUT2D eigenvalue weighted by Gasteiger charge is 2.35. The van der Waals surface area contributed by atoms with Crippen molar-refractivity contribution >= 4 is 11.9 Å². The Labute approximate surface area is 156 Å². The highest BCUT2D eigenvalue weighted by molar-refractivity contribution is 5.82. The van der Waals surface area contributed by atoms with E-state index in [0.29, 0.717) is 19.3 Å².